The second-order valence-corrected chi connectivity index (χ2v) is 13.5. The first-order valence-corrected chi connectivity index (χ1v) is 16.4. The maximum Gasteiger partial charge on any atom is 0.472 e. The van der Waals surface area contributed by atoms with Crippen LogP contribution in [0.15, 0.2) is 25.3 Å². The van der Waals surface area contributed by atoms with E-state index in [4.69, 9.17) is 39.2 Å². The van der Waals surface area contributed by atoms with Crippen molar-refractivity contribution in [2.45, 2.75) is 49.1 Å². The Balaban J connectivity index is 1.21. The number of nitrogens with two attached hydrogens (primary N) is 2. The second-order valence-electron chi connectivity index (χ2n) is 10.3. The van der Waals surface area contributed by atoms with Gasteiger partial charge in [-0.1, -0.05) is 0 Å². The zero-order valence-electron chi connectivity index (χ0n) is 22.7. The molecule has 0 radical (unpaired) electrons. The number of hydrogen-bond donors (Lipinski definition) is 6. The van der Waals surface area contributed by atoms with Crippen LogP contribution in [0, 0.1) is 0 Å². The summed E-state index contributed by atoms with van der Waals surface area (Å²) in [6.07, 6.45) is -7.61. The van der Waals surface area contributed by atoms with Crippen LogP contribution in [-0.4, -0.2) is 115 Å². The van der Waals surface area contributed by atoms with E-state index in [1.807, 2.05) is 0 Å². The Hall–Kier alpha value is -3.24. The van der Waals surface area contributed by atoms with Gasteiger partial charge in [-0.05, 0) is 0 Å². The van der Waals surface area contributed by atoms with Crippen molar-refractivity contribution in [2.24, 2.45) is 0 Å². The molecule has 0 aromatic carbocycles. The molecule has 3 aliphatic rings. The summed E-state index contributed by atoms with van der Waals surface area (Å²) in [5.41, 5.74) is 12.5. The van der Waals surface area contributed by atoms with Gasteiger partial charge in [-0.3, -0.25) is 22.7 Å². The van der Waals surface area contributed by atoms with Gasteiger partial charge in [-0.2, -0.15) is 0 Å². The maximum absolute atomic E-state index is 13.2. The van der Waals surface area contributed by atoms with Gasteiger partial charge >= 0.3 is 15.4 Å². The van der Waals surface area contributed by atoms with Crippen LogP contribution in [0.3, 0.4) is 0 Å². The molecule has 0 spiro atoms. The van der Waals surface area contributed by atoms with Gasteiger partial charge in [0.2, 0.25) is 0 Å². The van der Waals surface area contributed by atoms with E-state index in [1.54, 1.807) is 0 Å². The number of phosphoric ester groups is 1. The molecule has 242 valence electrons. The number of ether oxygens (including phenoxy) is 3. The highest BCUT2D eigenvalue weighted by atomic mass is 31.2. The van der Waals surface area contributed by atoms with E-state index >= 15 is 0 Å². The van der Waals surface area contributed by atoms with Crippen LogP contribution in [-0.2, 0) is 36.9 Å². The average molecular weight is 672 g/mol. The number of rotatable bonds is 2. The van der Waals surface area contributed by atoms with Crippen LogP contribution in [0.4, 0.5) is 11.6 Å². The maximum atomic E-state index is 13.2. The zero-order chi connectivity index (χ0) is 31.7. The first kappa shape index (κ1) is 30.4. The van der Waals surface area contributed by atoms with Crippen LogP contribution >= 0.6 is 15.4 Å². The monoisotopic (exact) mass is 672 g/mol. The van der Waals surface area contributed by atoms with Gasteiger partial charge in [-0.15, -0.1) is 0 Å². The molecule has 3 saturated heterocycles. The summed E-state index contributed by atoms with van der Waals surface area (Å²) in [5.74, 6) is 0.0977. The van der Waals surface area contributed by atoms with E-state index in [9.17, 15) is 29.1 Å². The first-order valence-electron chi connectivity index (χ1n) is 13.2. The normalized spacial score (nSPS) is 38.0. The summed E-state index contributed by atoms with van der Waals surface area (Å²) >= 11 is 0. The first-order chi connectivity index (χ1) is 21.4. The lowest BCUT2D eigenvalue weighted by atomic mass is 10.1. The number of aliphatic hydroxyl groups excluding tert-OH is 2. The van der Waals surface area contributed by atoms with E-state index in [2.05, 4.69) is 29.9 Å². The smallest absolute Gasteiger partial charge is 0.387 e. The van der Waals surface area contributed by atoms with Gasteiger partial charge in [0, 0.05) is 0 Å². The van der Waals surface area contributed by atoms with Crippen LogP contribution in [0.2, 0.25) is 0 Å². The molecule has 0 amide bonds. The fourth-order valence-corrected chi connectivity index (χ4v) is 7.07. The number of fused-ring (bicyclic) bond motifs is 6. The van der Waals surface area contributed by atoms with Gasteiger partial charge in [0.1, 0.15) is 66.7 Å². The summed E-state index contributed by atoms with van der Waals surface area (Å²) in [6.45, 7) is -1.41. The minimum atomic E-state index is -5.04. The molecule has 10 atom stereocenters. The molecule has 3 aliphatic heterocycles. The van der Waals surface area contributed by atoms with Crippen molar-refractivity contribution in [1.82, 2.24) is 39.0 Å². The highest BCUT2D eigenvalue weighted by molar-refractivity contribution is 7.52. The summed E-state index contributed by atoms with van der Waals surface area (Å²) in [6, 6.07) is 0. The third-order valence-electron chi connectivity index (χ3n) is 7.48. The van der Waals surface area contributed by atoms with Crippen LogP contribution in [0.1, 0.15) is 12.5 Å². The molecular weight excluding hydrogens is 646 g/mol. The highest BCUT2D eigenvalue weighted by Crippen LogP contribution is 2.52. The van der Waals surface area contributed by atoms with Crippen LogP contribution in [0.5, 0.6) is 0 Å². The molecule has 4 aromatic heterocycles. The molecule has 3 fully saturated rings. The van der Waals surface area contributed by atoms with Gasteiger partial charge in [0.25, 0.3) is 0 Å². The SMILES string of the molecule is Nc1ncnc2c1ncn2[C@@H]1O[C@@H]2COP(=O)(O)CO[C@H]3[C@H](O)[C@@H](COP(=O)(O)O[C@@H]1[C@@H]2O)O[C@H]3n1cnc2c(N)ncnc21. The Morgan fingerprint density at radius 3 is 1.84 bits per heavy atom. The minimum Gasteiger partial charge on any atom is -0.387 e. The van der Waals surface area contributed by atoms with E-state index in [-0.39, 0.29) is 34.0 Å². The van der Waals surface area contributed by atoms with E-state index in [1.165, 1.54) is 28.1 Å². The average Bonchev–Trinajstić information content (AvgIpc) is 3.75. The quantitative estimate of drug-likeness (QED) is 0.131. The molecule has 8 N–H and O–H groups in total. The molecule has 0 saturated carbocycles. The summed E-state index contributed by atoms with van der Waals surface area (Å²) < 4.78 is 62.1. The largest absolute Gasteiger partial charge is 0.472 e. The molecule has 7 heterocycles. The number of anilines is 2. The Kier molecular flexibility index (Phi) is 7.59. The molecule has 7 rings (SSSR count). The number of aromatic nitrogens is 8. The van der Waals surface area contributed by atoms with E-state index < -0.39 is 84.1 Å². The summed E-state index contributed by atoms with van der Waals surface area (Å²) in [7, 11) is -9.63. The predicted octanol–water partition coefficient (Wildman–Crippen LogP) is -1.59. The molecular formula is C21H26N10O12P2. The van der Waals surface area contributed by atoms with E-state index in [0.29, 0.717) is 0 Å². The topological polar surface area (TPSA) is 310 Å². The van der Waals surface area contributed by atoms with Gasteiger partial charge < -0.3 is 50.2 Å². The number of hydrogen-bond acceptors (Lipinski definition) is 18. The molecule has 22 nitrogen and oxygen atoms in total. The lowest BCUT2D eigenvalue weighted by Crippen LogP contribution is -2.36. The van der Waals surface area contributed by atoms with Crippen molar-refractivity contribution in [1.29, 1.82) is 0 Å². The lowest BCUT2D eigenvalue weighted by Gasteiger charge is -2.25. The standard InChI is InChI=1S/C21H26N10O12P2/c22-16-10-18(26-3-24-16)30(5-28-10)20-14-12(32)9(41-20)2-40-45(36,37)43-15-13(33)8(1-39-44(34,35)7-38-14)42-21(15)31-6-29-11-17(23)25-4-27-19(11)31/h3-6,8-9,12-15,20-21,32-33H,1-2,7H2,(H,34,35)(H,36,37)(H2,22,24,26)(H2,23,25,27)/t8-,9-,12-,13-,14+,15-,20-,21-/m1/s1. The van der Waals surface area contributed by atoms with Crippen molar-refractivity contribution in [3.8, 4) is 0 Å². The highest BCUT2D eigenvalue weighted by Gasteiger charge is 2.52. The third kappa shape index (κ3) is 5.47. The Morgan fingerprint density at radius 2 is 1.27 bits per heavy atom. The fourth-order valence-electron chi connectivity index (χ4n) is 5.33. The van der Waals surface area contributed by atoms with Crippen molar-refractivity contribution in [2.75, 3.05) is 31.0 Å². The molecule has 24 heteroatoms. The summed E-state index contributed by atoms with van der Waals surface area (Å²) in [4.78, 5) is 45.6. The predicted molar refractivity (Wildman–Crippen MR) is 145 cm³/mol. The molecule has 2 unspecified atom stereocenters. The minimum absolute atomic E-state index is 0.0350. The molecule has 0 aliphatic carbocycles. The van der Waals surface area contributed by atoms with Crippen LogP contribution < -0.4 is 11.5 Å². The lowest BCUT2D eigenvalue weighted by molar-refractivity contribution is -0.0665. The fraction of sp³-hybridized carbons (Fsp3) is 0.524. The van der Waals surface area contributed by atoms with Gasteiger partial charge in [-0.25, -0.2) is 34.5 Å². The molecule has 45 heavy (non-hydrogen) atoms. The van der Waals surface area contributed by atoms with Gasteiger partial charge in [0.05, 0.1) is 25.9 Å². The third-order valence-corrected chi connectivity index (χ3v) is 9.49. The van der Waals surface area contributed by atoms with E-state index in [0.717, 1.165) is 6.33 Å². The number of phosphoric acid groups is 1. The second kappa shape index (κ2) is 11.2. The van der Waals surface area contributed by atoms with Crippen molar-refractivity contribution in [3.63, 3.8) is 0 Å². The number of imidazole rings is 2. The Bertz CT molecular complexity index is 1840. The Labute approximate surface area is 251 Å². The van der Waals surface area contributed by atoms with Crippen molar-refractivity contribution >= 4 is 49.4 Å². The van der Waals surface area contributed by atoms with Gasteiger partial charge in [0.15, 0.2) is 35.4 Å². The molecule has 4 bridgehead atoms. The zero-order valence-corrected chi connectivity index (χ0v) is 24.5. The number of nitrogens with zero attached hydrogens (tertiary/aromatic N) is 8. The number of nitrogen functional groups attached to an aromatic ring is 2. The Morgan fingerprint density at radius 1 is 0.756 bits per heavy atom. The number of aliphatic hydroxyl groups is 2. The summed E-state index contributed by atoms with van der Waals surface area (Å²) in [5, 5.41) is 22.2. The van der Waals surface area contributed by atoms with Crippen LogP contribution in [0.25, 0.3) is 22.3 Å². The van der Waals surface area contributed by atoms with Crippen molar-refractivity contribution in [3.05, 3.63) is 25.3 Å². The molecule has 4 aromatic rings. The van der Waals surface area contributed by atoms with Crippen molar-refractivity contribution < 1.29 is 56.9 Å².